The van der Waals surface area contributed by atoms with Crippen molar-refractivity contribution in [2.45, 2.75) is 40.8 Å². The molecule has 0 unspecified atom stereocenters. The zero-order chi connectivity index (χ0) is 13.8. The van der Waals surface area contributed by atoms with Gasteiger partial charge in [-0.3, -0.25) is 0 Å². The van der Waals surface area contributed by atoms with Crippen LogP contribution in [0.15, 0.2) is 17.0 Å². The predicted octanol–water partition coefficient (Wildman–Crippen LogP) is 2.28. The summed E-state index contributed by atoms with van der Waals surface area (Å²) in [5, 5.41) is 7.36. The third-order valence-corrected chi connectivity index (χ3v) is 3.07. The Morgan fingerprint density at radius 1 is 1.37 bits per heavy atom. The van der Waals surface area contributed by atoms with E-state index in [1.807, 2.05) is 20.2 Å². The molecular weight excluding hydrogens is 240 g/mol. The maximum Gasteiger partial charge on any atom is 0.138 e. The highest BCUT2D eigenvalue weighted by Crippen LogP contribution is 2.14. The number of aromatic nitrogens is 3. The van der Waals surface area contributed by atoms with Gasteiger partial charge in [0.1, 0.15) is 5.76 Å². The van der Waals surface area contributed by atoms with Crippen LogP contribution in [0.5, 0.6) is 0 Å². The van der Waals surface area contributed by atoms with Gasteiger partial charge in [-0.05, 0) is 26.3 Å². The Hall–Kier alpha value is -1.62. The molecule has 0 aromatic carbocycles. The van der Waals surface area contributed by atoms with Crippen molar-refractivity contribution in [2.75, 3.05) is 6.54 Å². The van der Waals surface area contributed by atoms with E-state index in [9.17, 15) is 0 Å². The molecule has 0 fully saturated rings. The van der Waals surface area contributed by atoms with Crippen molar-refractivity contribution in [3.05, 3.63) is 35.2 Å². The first kappa shape index (κ1) is 13.8. The summed E-state index contributed by atoms with van der Waals surface area (Å²) in [6.07, 6.45) is 3.93. The highest BCUT2D eigenvalue weighted by molar-refractivity contribution is 5.21. The second-order valence-corrected chi connectivity index (χ2v) is 5.36. The van der Waals surface area contributed by atoms with E-state index in [2.05, 4.69) is 40.1 Å². The molecule has 0 aliphatic carbocycles. The minimum Gasteiger partial charge on any atom is -0.361 e. The summed E-state index contributed by atoms with van der Waals surface area (Å²) in [5.41, 5.74) is 3.15. The average Bonchev–Trinajstić information content (AvgIpc) is 2.91. The van der Waals surface area contributed by atoms with Crippen molar-refractivity contribution in [1.82, 2.24) is 20.0 Å². The third kappa shape index (κ3) is 3.67. The lowest BCUT2D eigenvalue weighted by Crippen LogP contribution is -2.19. The molecule has 0 radical (unpaired) electrons. The second kappa shape index (κ2) is 6.02. The van der Waals surface area contributed by atoms with Crippen LogP contribution in [0.1, 0.15) is 36.6 Å². The summed E-state index contributed by atoms with van der Waals surface area (Å²) in [6.45, 7) is 10.9. The van der Waals surface area contributed by atoms with Gasteiger partial charge in [0.05, 0.1) is 24.3 Å². The molecule has 0 atom stereocenters. The number of hydrogen-bond donors (Lipinski definition) is 1. The first-order valence-corrected chi connectivity index (χ1v) is 6.69. The van der Waals surface area contributed by atoms with Crippen LogP contribution in [0.3, 0.4) is 0 Å². The van der Waals surface area contributed by atoms with Crippen molar-refractivity contribution in [3.8, 4) is 0 Å². The van der Waals surface area contributed by atoms with Gasteiger partial charge in [-0.1, -0.05) is 19.0 Å². The predicted molar refractivity (Wildman–Crippen MR) is 73.9 cm³/mol. The van der Waals surface area contributed by atoms with E-state index in [0.29, 0.717) is 5.92 Å². The van der Waals surface area contributed by atoms with E-state index in [1.54, 1.807) is 0 Å². The normalized spacial score (nSPS) is 11.4. The Bertz CT molecular complexity index is 508. The fraction of sp³-hybridized carbons (Fsp3) is 0.571. The Kier molecular flexibility index (Phi) is 4.37. The molecule has 2 rings (SSSR count). The summed E-state index contributed by atoms with van der Waals surface area (Å²) in [6, 6.07) is 0. The number of aryl methyl sites for hydroxylation is 2. The average molecular weight is 262 g/mol. The molecule has 1 N–H and O–H groups in total. The van der Waals surface area contributed by atoms with E-state index in [4.69, 9.17) is 4.52 Å². The molecule has 5 heteroatoms. The Morgan fingerprint density at radius 3 is 2.79 bits per heavy atom. The van der Waals surface area contributed by atoms with Crippen LogP contribution >= 0.6 is 0 Å². The molecule has 0 aliphatic rings. The smallest absolute Gasteiger partial charge is 0.138 e. The number of rotatable bonds is 6. The lowest BCUT2D eigenvalue weighted by Gasteiger charge is -2.05. The summed E-state index contributed by atoms with van der Waals surface area (Å²) in [4.78, 5) is 4.40. The molecule has 0 amide bonds. The minimum atomic E-state index is 0.657. The number of hydrogen-bond acceptors (Lipinski definition) is 4. The lowest BCUT2D eigenvalue weighted by molar-refractivity contribution is 0.392. The number of imidazole rings is 1. The highest BCUT2D eigenvalue weighted by Gasteiger charge is 2.09. The van der Waals surface area contributed by atoms with Gasteiger partial charge in [0.25, 0.3) is 0 Å². The van der Waals surface area contributed by atoms with Gasteiger partial charge < -0.3 is 14.4 Å². The Morgan fingerprint density at radius 2 is 2.16 bits per heavy atom. The molecule has 104 valence electrons. The van der Waals surface area contributed by atoms with Crippen LogP contribution in [0.25, 0.3) is 0 Å². The van der Waals surface area contributed by atoms with Gasteiger partial charge in [0.2, 0.25) is 0 Å². The van der Waals surface area contributed by atoms with Crippen LogP contribution in [0.2, 0.25) is 0 Å². The van der Waals surface area contributed by atoms with E-state index in [0.717, 1.165) is 42.3 Å². The van der Waals surface area contributed by atoms with E-state index in [-0.39, 0.29) is 0 Å². The molecule has 0 bridgehead atoms. The van der Waals surface area contributed by atoms with E-state index < -0.39 is 0 Å². The number of nitrogens with zero attached hydrogens (tertiary/aromatic N) is 3. The summed E-state index contributed by atoms with van der Waals surface area (Å²) < 4.78 is 7.24. The summed E-state index contributed by atoms with van der Waals surface area (Å²) >= 11 is 0. The van der Waals surface area contributed by atoms with Crippen molar-refractivity contribution in [3.63, 3.8) is 0 Å². The molecule has 2 aromatic rings. The maximum absolute atomic E-state index is 5.17. The van der Waals surface area contributed by atoms with Gasteiger partial charge in [-0.25, -0.2) is 4.98 Å². The fourth-order valence-corrected chi connectivity index (χ4v) is 1.98. The van der Waals surface area contributed by atoms with Gasteiger partial charge in [0, 0.05) is 18.3 Å². The first-order valence-electron chi connectivity index (χ1n) is 6.69. The largest absolute Gasteiger partial charge is 0.361 e. The molecular formula is C14H22N4O. The van der Waals surface area contributed by atoms with Gasteiger partial charge >= 0.3 is 0 Å². The molecule has 0 saturated heterocycles. The maximum atomic E-state index is 5.17. The third-order valence-electron chi connectivity index (χ3n) is 3.07. The van der Waals surface area contributed by atoms with Crippen LogP contribution in [-0.4, -0.2) is 21.3 Å². The Balaban J connectivity index is 1.94. The van der Waals surface area contributed by atoms with Crippen molar-refractivity contribution >= 4 is 0 Å². The topological polar surface area (TPSA) is 55.9 Å². The quantitative estimate of drug-likeness (QED) is 0.867. The van der Waals surface area contributed by atoms with Crippen LogP contribution in [-0.2, 0) is 13.1 Å². The number of nitrogens with one attached hydrogen (secondary N) is 1. The standard InChI is InChI=1S/C14H22N4O/c1-10(2)5-15-6-13-7-18(9-16-13)8-14-11(3)17-19-12(14)4/h7,9-10,15H,5-6,8H2,1-4H3. The van der Waals surface area contributed by atoms with E-state index >= 15 is 0 Å². The second-order valence-electron chi connectivity index (χ2n) is 5.36. The molecule has 0 spiro atoms. The summed E-state index contributed by atoms with van der Waals surface area (Å²) in [7, 11) is 0. The zero-order valence-corrected chi connectivity index (χ0v) is 12.1. The highest BCUT2D eigenvalue weighted by atomic mass is 16.5. The minimum absolute atomic E-state index is 0.657. The van der Waals surface area contributed by atoms with Crippen molar-refractivity contribution in [2.24, 2.45) is 5.92 Å². The molecule has 5 nitrogen and oxygen atoms in total. The first-order chi connectivity index (χ1) is 9.06. The lowest BCUT2D eigenvalue weighted by atomic mass is 10.2. The molecule has 2 aromatic heterocycles. The fourth-order valence-electron chi connectivity index (χ4n) is 1.98. The Labute approximate surface area is 114 Å². The van der Waals surface area contributed by atoms with Gasteiger partial charge in [0.15, 0.2) is 0 Å². The monoisotopic (exact) mass is 262 g/mol. The molecule has 0 aliphatic heterocycles. The molecule has 2 heterocycles. The molecule has 19 heavy (non-hydrogen) atoms. The van der Waals surface area contributed by atoms with Crippen LogP contribution in [0.4, 0.5) is 0 Å². The van der Waals surface area contributed by atoms with Crippen molar-refractivity contribution < 1.29 is 4.52 Å². The van der Waals surface area contributed by atoms with Gasteiger partial charge in [-0.15, -0.1) is 0 Å². The van der Waals surface area contributed by atoms with Crippen LogP contribution in [0, 0.1) is 19.8 Å². The summed E-state index contributed by atoms with van der Waals surface area (Å²) in [5.74, 6) is 1.54. The molecule has 0 saturated carbocycles. The SMILES string of the molecule is Cc1noc(C)c1Cn1cnc(CNCC(C)C)c1. The van der Waals surface area contributed by atoms with Crippen molar-refractivity contribution in [1.29, 1.82) is 0 Å². The van der Waals surface area contributed by atoms with Crippen LogP contribution < -0.4 is 5.32 Å². The van der Waals surface area contributed by atoms with Gasteiger partial charge in [-0.2, -0.15) is 0 Å². The van der Waals surface area contributed by atoms with E-state index in [1.165, 1.54) is 0 Å². The zero-order valence-electron chi connectivity index (χ0n) is 12.1.